The molecule has 0 amide bonds. The van der Waals surface area contributed by atoms with Crippen LogP contribution in [0.2, 0.25) is 0 Å². The zero-order valence-corrected chi connectivity index (χ0v) is 12.3. The molecule has 1 aliphatic heterocycles. The zero-order chi connectivity index (χ0) is 13.6. The summed E-state index contributed by atoms with van der Waals surface area (Å²) < 4.78 is 32.3. The van der Waals surface area contributed by atoms with Crippen LogP contribution in [0.15, 0.2) is 11.0 Å². The third-order valence-electron chi connectivity index (χ3n) is 3.60. The van der Waals surface area contributed by atoms with Gasteiger partial charge in [-0.05, 0) is 44.9 Å². The fourth-order valence-electron chi connectivity index (χ4n) is 2.40. The molecule has 106 valence electrons. The van der Waals surface area contributed by atoms with E-state index in [2.05, 4.69) is 14.1 Å². The molecule has 1 aliphatic carbocycles. The maximum atomic E-state index is 10.4. The molecule has 0 aromatic rings. The maximum absolute atomic E-state index is 10.4. The number of hydrogen-bond donors (Lipinski definition) is 0. The molecule has 0 aromatic carbocycles. The second-order valence-corrected chi connectivity index (χ2v) is 7.25. The number of likely N-dealkylation sites (tertiary alicyclic amines) is 1. The van der Waals surface area contributed by atoms with Crippen LogP contribution in [-0.2, 0) is 10.1 Å². The zero-order valence-electron chi connectivity index (χ0n) is 11.5. The van der Waals surface area contributed by atoms with Gasteiger partial charge in [0.05, 0.1) is 27.2 Å². The lowest BCUT2D eigenvalue weighted by molar-refractivity contribution is -0.894. The van der Waals surface area contributed by atoms with Crippen LogP contribution in [0.25, 0.3) is 0 Å². The predicted octanol–water partition coefficient (Wildman–Crippen LogP) is 2.24. The molecule has 0 atom stereocenters. The Balaban J connectivity index is 0.000000184. The number of piperidine rings is 1. The molecule has 0 spiro atoms. The summed E-state index contributed by atoms with van der Waals surface area (Å²) in [5.74, 6) is 0. The quantitative estimate of drug-likeness (QED) is 0.544. The van der Waals surface area contributed by atoms with Crippen molar-refractivity contribution in [1.29, 1.82) is 0 Å². The van der Waals surface area contributed by atoms with E-state index in [1.807, 2.05) is 0 Å². The fraction of sp³-hybridized carbons (Fsp3) is 0.846. The van der Waals surface area contributed by atoms with Crippen molar-refractivity contribution in [3.8, 4) is 0 Å². The molecule has 2 rings (SSSR count). The normalized spacial score (nSPS) is 23.6. The Morgan fingerprint density at radius 3 is 1.94 bits per heavy atom. The summed E-state index contributed by atoms with van der Waals surface area (Å²) in [6.07, 6.45) is 8.86. The molecule has 0 aromatic heterocycles. The molecule has 2 aliphatic rings. The van der Waals surface area contributed by atoms with Crippen LogP contribution in [0.5, 0.6) is 0 Å². The Morgan fingerprint density at radius 2 is 1.67 bits per heavy atom. The summed E-state index contributed by atoms with van der Waals surface area (Å²) in [6.45, 7) is 2.78. The topological polar surface area (TPSA) is 57.2 Å². The number of quaternary nitrogens is 1. The van der Waals surface area contributed by atoms with Gasteiger partial charge in [0.15, 0.2) is 0 Å². The van der Waals surface area contributed by atoms with E-state index in [1.54, 1.807) is 0 Å². The summed E-state index contributed by atoms with van der Waals surface area (Å²) in [7, 11) is 0.522. The average Bonchev–Trinajstić information content (AvgIpc) is 2.29. The van der Waals surface area contributed by atoms with Crippen LogP contribution in [0.4, 0.5) is 0 Å². The Morgan fingerprint density at radius 1 is 1.06 bits per heavy atom. The van der Waals surface area contributed by atoms with Gasteiger partial charge in [0.25, 0.3) is 0 Å². The minimum Gasteiger partial charge on any atom is -0.744 e. The van der Waals surface area contributed by atoms with Crippen LogP contribution < -0.4 is 0 Å². The van der Waals surface area contributed by atoms with E-state index >= 15 is 0 Å². The summed E-state index contributed by atoms with van der Waals surface area (Å²) in [6, 6.07) is 0. The van der Waals surface area contributed by atoms with Gasteiger partial charge in [0.2, 0.25) is 0 Å². The highest BCUT2D eigenvalue weighted by Crippen LogP contribution is 2.20. The van der Waals surface area contributed by atoms with Gasteiger partial charge in [0, 0.05) is 4.91 Å². The molecule has 0 bridgehead atoms. The molecule has 18 heavy (non-hydrogen) atoms. The van der Waals surface area contributed by atoms with E-state index < -0.39 is 10.1 Å². The first-order chi connectivity index (χ1) is 8.31. The molecule has 1 fully saturated rings. The van der Waals surface area contributed by atoms with Gasteiger partial charge in [-0.25, -0.2) is 8.42 Å². The molecule has 0 radical (unpaired) electrons. The first-order valence-corrected chi connectivity index (χ1v) is 8.19. The smallest absolute Gasteiger partial charge is 0.120 e. The Labute approximate surface area is 111 Å². The molecule has 1 heterocycles. The van der Waals surface area contributed by atoms with Gasteiger partial charge in [-0.3, -0.25) is 0 Å². The number of rotatable bonds is 1. The van der Waals surface area contributed by atoms with E-state index in [0.29, 0.717) is 6.42 Å². The van der Waals surface area contributed by atoms with Crippen molar-refractivity contribution in [3.63, 3.8) is 0 Å². The van der Waals surface area contributed by atoms with Crippen molar-refractivity contribution < 1.29 is 17.5 Å². The molecule has 0 unspecified atom stereocenters. The van der Waals surface area contributed by atoms with Crippen LogP contribution in [0, 0.1) is 0 Å². The number of hydrogen-bond acceptors (Lipinski definition) is 3. The fourth-order valence-corrected chi connectivity index (χ4v) is 3.12. The summed E-state index contributed by atoms with van der Waals surface area (Å²) in [5.41, 5.74) is 0. The van der Waals surface area contributed by atoms with Gasteiger partial charge >= 0.3 is 0 Å². The predicted molar refractivity (Wildman–Crippen MR) is 71.9 cm³/mol. The van der Waals surface area contributed by atoms with Crippen LogP contribution in [0.3, 0.4) is 0 Å². The van der Waals surface area contributed by atoms with Crippen molar-refractivity contribution in [1.82, 2.24) is 0 Å². The van der Waals surface area contributed by atoms with Gasteiger partial charge in [-0.1, -0.05) is 6.08 Å². The maximum Gasteiger partial charge on any atom is 0.120 e. The standard InChI is InChI=1S/C7H16N.C6H10O3S/c1-8(2)6-4-3-5-7-8;7-10(8,9)6-4-2-1-3-5-6/h3-7H2,1-2H3;4H,1-3,5H2,(H,7,8,9)/q+1;/p-1. The highest BCUT2D eigenvalue weighted by molar-refractivity contribution is 7.89. The Hall–Kier alpha value is -0.390. The second-order valence-electron chi connectivity index (χ2n) is 5.81. The largest absolute Gasteiger partial charge is 0.744 e. The van der Waals surface area contributed by atoms with Crippen LogP contribution >= 0.6 is 0 Å². The molecular formula is C13H25NO3S. The van der Waals surface area contributed by atoms with Gasteiger partial charge in [-0.2, -0.15) is 0 Å². The van der Waals surface area contributed by atoms with Crippen molar-refractivity contribution >= 4 is 10.1 Å². The van der Waals surface area contributed by atoms with E-state index in [1.165, 1.54) is 42.9 Å². The lowest BCUT2D eigenvalue weighted by atomic mass is 10.1. The second kappa shape index (κ2) is 6.68. The van der Waals surface area contributed by atoms with Crippen molar-refractivity contribution in [3.05, 3.63) is 11.0 Å². The molecule has 1 saturated heterocycles. The lowest BCUT2D eigenvalue weighted by Gasteiger charge is -2.33. The monoisotopic (exact) mass is 275 g/mol. The summed E-state index contributed by atoms with van der Waals surface area (Å²) in [5, 5.41) is 0. The first-order valence-electron chi connectivity index (χ1n) is 6.78. The van der Waals surface area contributed by atoms with E-state index in [0.717, 1.165) is 19.3 Å². The molecule has 0 N–H and O–H groups in total. The highest BCUT2D eigenvalue weighted by Gasteiger charge is 2.17. The molecule has 0 saturated carbocycles. The SMILES string of the molecule is C[N+]1(C)CCCCC1.O=S(=O)([O-])C1=CCCCC1. The molecule has 4 nitrogen and oxygen atoms in total. The lowest BCUT2D eigenvalue weighted by Crippen LogP contribution is -2.43. The van der Waals surface area contributed by atoms with Crippen LogP contribution in [0.1, 0.15) is 44.9 Å². The minimum atomic E-state index is -4.11. The van der Waals surface area contributed by atoms with Gasteiger partial charge in [-0.15, -0.1) is 0 Å². The molecular weight excluding hydrogens is 250 g/mol. The number of nitrogens with zero attached hydrogens (tertiary/aromatic N) is 1. The van der Waals surface area contributed by atoms with Crippen molar-refractivity contribution in [2.24, 2.45) is 0 Å². The van der Waals surface area contributed by atoms with Gasteiger partial charge in [0.1, 0.15) is 10.1 Å². The van der Waals surface area contributed by atoms with E-state index in [9.17, 15) is 13.0 Å². The first kappa shape index (κ1) is 15.7. The minimum absolute atomic E-state index is 0.0822. The van der Waals surface area contributed by atoms with Crippen molar-refractivity contribution in [2.45, 2.75) is 44.9 Å². The average molecular weight is 275 g/mol. The number of allylic oxidation sites excluding steroid dienone is 2. The van der Waals surface area contributed by atoms with Gasteiger partial charge < -0.3 is 9.04 Å². The Kier molecular flexibility index (Phi) is 5.82. The molecule has 5 heteroatoms. The third kappa shape index (κ3) is 5.98. The summed E-state index contributed by atoms with van der Waals surface area (Å²) >= 11 is 0. The van der Waals surface area contributed by atoms with Crippen molar-refractivity contribution in [2.75, 3.05) is 27.2 Å². The van der Waals surface area contributed by atoms with E-state index in [-0.39, 0.29) is 4.91 Å². The summed E-state index contributed by atoms with van der Waals surface area (Å²) in [4.78, 5) is 0.0822. The van der Waals surface area contributed by atoms with Crippen LogP contribution in [-0.4, -0.2) is 44.6 Å². The third-order valence-corrected chi connectivity index (χ3v) is 4.61. The Bertz CT molecular complexity index is 377. The highest BCUT2D eigenvalue weighted by atomic mass is 32.2. The van der Waals surface area contributed by atoms with E-state index in [4.69, 9.17) is 0 Å².